The Morgan fingerprint density at radius 2 is 1.83 bits per heavy atom. The zero-order chi connectivity index (χ0) is 18.1. The Balaban J connectivity index is 1.87. The zero-order valence-electron chi connectivity index (χ0n) is 14.7. The van der Waals surface area contributed by atoms with Crippen molar-refractivity contribution in [2.45, 2.75) is 39.0 Å². The number of hydrogen-bond donors (Lipinski definition) is 2. The second-order valence-electron chi connectivity index (χ2n) is 7.30. The summed E-state index contributed by atoms with van der Waals surface area (Å²) in [4.78, 5) is 12.4. The van der Waals surface area contributed by atoms with E-state index in [0.717, 1.165) is 5.56 Å². The molecule has 2 atom stereocenters. The predicted molar refractivity (Wildman–Crippen MR) is 94.7 cm³/mol. The van der Waals surface area contributed by atoms with Gasteiger partial charge >= 0.3 is 0 Å². The Bertz CT molecular complexity index is 745. The third-order valence-corrected chi connectivity index (χ3v) is 5.60. The summed E-state index contributed by atoms with van der Waals surface area (Å²) >= 11 is 0. The van der Waals surface area contributed by atoms with E-state index in [4.69, 9.17) is 5.14 Å². The number of amides is 1. The number of rotatable bonds is 6. The SMILES string of the molecule is CC(C)=CC1C(C(=O)NCCc2ccc(S(N)(=O)=O)cc2)C1(C)C. The summed E-state index contributed by atoms with van der Waals surface area (Å²) in [6.07, 6.45) is 2.83. The average molecular weight is 350 g/mol. The van der Waals surface area contributed by atoms with Gasteiger partial charge in [-0.3, -0.25) is 4.79 Å². The molecule has 0 bridgehead atoms. The lowest BCUT2D eigenvalue weighted by Crippen LogP contribution is -2.28. The minimum atomic E-state index is -3.66. The lowest BCUT2D eigenvalue weighted by Gasteiger charge is -2.07. The van der Waals surface area contributed by atoms with Gasteiger partial charge in [0, 0.05) is 6.54 Å². The van der Waals surface area contributed by atoms with Gasteiger partial charge in [0.25, 0.3) is 0 Å². The molecule has 0 heterocycles. The lowest BCUT2D eigenvalue weighted by molar-refractivity contribution is -0.123. The van der Waals surface area contributed by atoms with Crippen molar-refractivity contribution in [3.8, 4) is 0 Å². The number of nitrogens with two attached hydrogens (primary N) is 1. The quantitative estimate of drug-likeness (QED) is 0.771. The standard InChI is InChI=1S/C18H26N2O3S/c1-12(2)11-15-16(18(15,3)4)17(21)20-10-9-13-5-7-14(8-6-13)24(19,22)23/h5-8,11,15-16H,9-10H2,1-4H3,(H,20,21)(H2,19,22,23). The molecule has 6 heteroatoms. The van der Waals surface area contributed by atoms with E-state index in [1.54, 1.807) is 12.1 Å². The number of sulfonamides is 1. The van der Waals surface area contributed by atoms with E-state index in [0.29, 0.717) is 18.9 Å². The Morgan fingerprint density at radius 1 is 1.25 bits per heavy atom. The molecular weight excluding hydrogens is 324 g/mol. The molecular formula is C18H26N2O3S. The third kappa shape index (κ3) is 4.24. The molecule has 0 aromatic heterocycles. The van der Waals surface area contributed by atoms with Crippen LogP contribution in [0.5, 0.6) is 0 Å². The van der Waals surface area contributed by atoms with Gasteiger partial charge in [0.05, 0.1) is 10.8 Å². The van der Waals surface area contributed by atoms with Gasteiger partial charge in [0.1, 0.15) is 0 Å². The summed E-state index contributed by atoms with van der Waals surface area (Å²) in [5.74, 6) is 0.414. The summed E-state index contributed by atoms with van der Waals surface area (Å²) in [5.41, 5.74) is 2.20. The fourth-order valence-electron chi connectivity index (χ4n) is 3.13. The Morgan fingerprint density at radius 3 is 2.33 bits per heavy atom. The van der Waals surface area contributed by atoms with E-state index < -0.39 is 10.0 Å². The maximum absolute atomic E-state index is 12.4. The first-order valence-electron chi connectivity index (χ1n) is 8.08. The number of allylic oxidation sites excluding steroid dienone is 2. The van der Waals surface area contributed by atoms with Crippen LogP contribution >= 0.6 is 0 Å². The lowest BCUT2D eigenvalue weighted by atomic mass is 10.1. The summed E-state index contributed by atoms with van der Waals surface area (Å²) in [7, 11) is -3.66. The van der Waals surface area contributed by atoms with Crippen LogP contribution in [0.2, 0.25) is 0 Å². The largest absolute Gasteiger partial charge is 0.355 e. The van der Waals surface area contributed by atoms with Crippen molar-refractivity contribution in [2.24, 2.45) is 22.4 Å². The predicted octanol–water partition coefficient (Wildman–Crippen LogP) is 2.23. The van der Waals surface area contributed by atoms with Crippen LogP contribution in [-0.2, 0) is 21.2 Å². The van der Waals surface area contributed by atoms with E-state index in [9.17, 15) is 13.2 Å². The first kappa shape index (κ1) is 18.7. The summed E-state index contributed by atoms with van der Waals surface area (Å²) < 4.78 is 22.4. The Kier molecular flexibility index (Phi) is 5.20. The number of benzene rings is 1. The van der Waals surface area contributed by atoms with E-state index in [1.807, 2.05) is 0 Å². The highest BCUT2D eigenvalue weighted by Crippen LogP contribution is 2.59. The molecule has 3 N–H and O–H groups in total. The van der Waals surface area contributed by atoms with Gasteiger partial charge in [-0.15, -0.1) is 0 Å². The summed E-state index contributed by atoms with van der Waals surface area (Å²) in [5, 5.41) is 8.06. The number of primary sulfonamides is 1. The molecule has 24 heavy (non-hydrogen) atoms. The average Bonchev–Trinajstić information content (AvgIpc) is 2.98. The van der Waals surface area contributed by atoms with Crippen molar-refractivity contribution in [1.29, 1.82) is 0 Å². The van der Waals surface area contributed by atoms with Crippen molar-refractivity contribution in [2.75, 3.05) is 6.54 Å². The minimum absolute atomic E-state index is 0.0124. The number of carbonyl (C=O) groups excluding carboxylic acids is 1. The van der Waals surface area contributed by atoms with Crippen molar-refractivity contribution in [1.82, 2.24) is 5.32 Å². The van der Waals surface area contributed by atoms with Gasteiger partial charge in [-0.2, -0.15) is 0 Å². The van der Waals surface area contributed by atoms with E-state index in [-0.39, 0.29) is 22.1 Å². The maximum atomic E-state index is 12.4. The number of nitrogens with one attached hydrogen (secondary N) is 1. The van der Waals surface area contributed by atoms with Crippen LogP contribution in [0.25, 0.3) is 0 Å². The van der Waals surface area contributed by atoms with Crippen LogP contribution in [0, 0.1) is 17.3 Å². The van der Waals surface area contributed by atoms with Crippen molar-refractivity contribution >= 4 is 15.9 Å². The van der Waals surface area contributed by atoms with Gasteiger partial charge in [-0.05, 0) is 49.3 Å². The number of carbonyl (C=O) groups is 1. The second kappa shape index (κ2) is 6.69. The fraction of sp³-hybridized carbons (Fsp3) is 0.500. The highest BCUT2D eigenvalue weighted by atomic mass is 32.2. The molecule has 1 amide bonds. The van der Waals surface area contributed by atoms with Crippen LogP contribution in [0.3, 0.4) is 0 Å². The molecule has 0 radical (unpaired) electrons. The fourth-order valence-corrected chi connectivity index (χ4v) is 3.65. The molecule has 132 valence electrons. The molecule has 5 nitrogen and oxygen atoms in total. The van der Waals surface area contributed by atoms with Crippen molar-refractivity contribution < 1.29 is 13.2 Å². The van der Waals surface area contributed by atoms with Crippen LogP contribution in [0.1, 0.15) is 33.3 Å². The molecule has 2 rings (SSSR count). The summed E-state index contributed by atoms with van der Waals surface area (Å²) in [6.45, 7) is 8.87. The van der Waals surface area contributed by atoms with Crippen molar-refractivity contribution in [3.05, 3.63) is 41.5 Å². The normalized spacial score (nSPS) is 21.9. The monoisotopic (exact) mass is 350 g/mol. The molecule has 1 fully saturated rings. The molecule has 1 aromatic carbocycles. The van der Waals surface area contributed by atoms with Crippen LogP contribution < -0.4 is 10.5 Å². The highest BCUT2D eigenvalue weighted by molar-refractivity contribution is 7.89. The Hall–Kier alpha value is -1.66. The molecule has 1 aromatic rings. The first-order valence-corrected chi connectivity index (χ1v) is 9.62. The smallest absolute Gasteiger partial charge is 0.238 e. The summed E-state index contributed by atoms with van der Waals surface area (Å²) in [6, 6.07) is 6.42. The topological polar surface area (TPSA) is 89.3 Å². The van der Waals surface area contributed by atoms with Gasteiger partial charge in [0.2, 0.25) is 15.9 Å². The van der Waals surface area contributed by atoms with E-state index in [1.165, 1.54) is 17.7 Å². The first-order chi connectivity index (χ1) is 11.0. The molecule has 0 saturated heterocycles. The second-order valence-corrected chi connectivity index (χ2v) is 8.86. The molecule has 1 aliphatic rings. The number of hydrogen-bond acceptors (Lipinski definition) is 3. The van der Waals surface area contributed by atoms with Crippen molar-refractivity contribution in [3.63, 3.8) is 0 Å². The highest BCUT2D eigenvalue weighted by Gasteiger charge is 2.60. The van der Waals surface area contributed by atoms with Crippen LogP contribution in [0.4, 0.5) is 0 Å². The third-order valence-electron chi connectivity index (χ3n) is 4.67. The maximum Gasteiger partial charge on any atom is 0.238 e. The van der Waals surface area contributed by atoms with E-state index in [2.05, 4.69) is 39.1 Å². The van der Waals surface area contributed by atoms with Gasteiger partial charge in [0.15, 0.2) is 0 Å². The molecule has 0 spiro atoms. The zero-order valence-corrected chi connectivity index (χ0v) is 15.5. The van der Waals surface area contributed by atoms with E-state index >= 15 is 0 Å². The molecule has 1 aliphatic carbocycles. The van der Waals surface area contributed by atoms with Crippen LogP contribution in [0.15, 0.2) is 40.8 Å². The molecule has 2 unspecified atom stereocenters. The van der Waals surface area contributed by atoms with Gasteiger partial charge in [-0.25, -0.2) is 13.6 Å². The minimum Gasteiger partial charge on any atom is -0.355 e. The van der Waals surface area contributed by atoms with Gasteiger partial charge < -0.3 is 5.32 Å². The Labute approximate surface area is 144 Å². The van der Waals surface area contributed by atoms with Crippen LogP contribution in [-0.4, -0.2) is 20.9 Å². The molecule has 0 aliphatic heterocycles. The molecule has 1 saturated carbocycles. The van der Waals surface area contributed by atoms with Gasteiger partial charge in [-0.1, -0.05) is 37.6 Å².